The van der Waals surface area contributed by atoms with Gasteiger partial charge in [0.25, 0.3) is 5.91 Å². The summed E-state index contributed by atoms with van der Waals surface area (Å²) in [4.78, 5) is 16.2. The van der Waals surface area contributed by atoms with Gasteiger partial charge in [-0.1, -0.05) is 18.2 Å². The van der Waals surface area contributed by atoms with E-state index in [9.17, 15) is 4.79 Å². The Balaban J connectivity index is 2.14. The molecule has 21 heavy (non-hydrogen) atoms. The van der Waals surface area contributed by atoms with Crippen molar-refractivity contribution in [1.82, 2.24) is 4.98 Å². The number of carbonyl (C=O) groups is 1. The third kappa shape index (κ3) is 3.67. The van der Waals surface area contributed by atoms with Crippen LogP contribution in [0.25, 0.3) is 0 Å². The van der Waals surface area contributed by atoms with E-state index in [1.807, 2.05) is 26.0 Å². The van der Waals surface area contributed by atoms with Crippen LogP contribution < -0.4 is 5.32 Å². The van der Waals surface area contributed by atoms with Gasteiger partial charge in [0.2, 0.25) is 0 Å². The zero-order valence-corrected chi connectivity index (χ0v) is 13.3. The number of carbonyl (C=O) groups excluding carboxylic acids is 1. The van der Waals surface area contributed by atoms with Crippen LogP contribution in [0, 0.1) is 11.3 Å². The van der Waals surface area contributed by atoms with Gasteiger partial charge in [-0.05, 0) is 59.6 Å². The number of aromatic nitrogens is 1. The zero-order valence-electron chi connectivity index (χ0n) is 11.7. The summed E-state index contributed by atoms with van der Waals surface area (Å²) in [5.41, 5.74) is 1.36. The van der Waals surface area contributed by atoms with Crippen LogP contribution in [0.4, 0.5) is 5.69 Å². The van der Waals surface area contributed by atoms with Crippen molar-refractivity contribution in [3.05, 3.63) is 58.3 Å². The molecule has 0 bridgehead atoms. The van der Waals surface area contributed by atoms with Gasteiger partial charge in [0.15, 0.2) is 0 Å². The van der Waals surface area contributed by atoms with Gasteiger partial charge in [-0.15, -0.1) is 0 Å². The Bertz CT molecular complexity index is 702. The molecule has 1 amide bonds. The molecule has 0 fully saturated rings. The maximum atomic E-state index is 12.1. The van der Waals surface area contributed by atoms with Crippen LogP contribution >= 0.6 is 15.9 Å². The lowest BCUT2D eigenvalue weighted by atomic mass is 9.86. The molecule has 0 atom stereocenters. The summed E-state index contributed by atoms with van der Waals surface area (Å²) in [5, 5.41) is 11.9. The van der Waals surface area contributed by atoms with E-state index in [0.29, 0.717) is 16.0 Å². The number of nitrogens with zero attached hydrogens (tertiary/aromatic N) is 2. The molecule has 1 N–H and O–H groups in total. The SMILES string of the molecule is CC(C)(C#N)c1ccc(NC(=O)c2cccc(Br)n2)cc1. The Morgan fingerprint density at radius 3 is 2.48 bits per heavy atom. The second-order valence-corrected chi connectivity index (χ2v) is 5.93. The quantitative estimate of drug-likeness (QED) is 0.859. The van der Waals surface area contributed by atoms with E-state index in [1.54, 1.807) is 30.3 Å². The Hall–Kier alpha value is -2.19. The van der Waals surface area contributed by atoms with E-state index in [2.05, 4.69) is 32.3 Å². The third-order valence-corrected chi connectivity index (χ3v) is 3.53. The fraction of sp³-hybridized carbons (Fsp3) is 0.188. The van der Waals surface area contributed by atoms with Gasteiger partial charge in [-0.2, -0.15) is 5.26 Å². The van der Waals surface area contributed by atoms with Crippen molar-refractivity contribution < 1.29 is 4.79 Å². The van der Waals surface area contributed by atoms with Crippen molar-refractivity contribution in [1.29, 1.82) is 5.26 Å². The largest absolute Gasteiger partial charge is 0.321 e. The standard InChI is InChI=1S/C16H14BrN3O/c1-16(2,10-18)11-6-8-12(9-7-11)19-15(21)13-4-3-5-14(17)20-13/h3-9H,1-2H3,(H,19,21). The smallest absolute Gasteiger partial charge is 0.274 e. The van der Waals surface area contributed by atoms with Gasteiger partial charge >= 0.3 is 0 Å². The number of nitriles is 1. The summed E-state index contributed by atoms with van der Waals surface area (Å²) < 4.78 is 0.612. The minimum absolute atomic E-state index is 0.274. The third-order valence-electron chi connectivity index (χ3n) is 3.09. The second kappa shape index (κ2) is 6.06. The first-order valence-electron chi connectivity index (χ1n) is 6.38. The van der Waals surface area contributed by atoms with Crippen LogP contribution in [0.15, 0.2) is 47.1 Å². The average molecular weight is 344 g/mol. The molecule has 1 aromatic heterocycles. The van der Waals surface area contributed by atoms with Crippen LogP contribution in [0.3, 0.4) is 0 Å². The van der Waals surface area contributed by atoms with Crippen molar-refractivity contribution in [3.8, 4) is 6.07 Å². The van der Waals surface area contributed by atoms with Crippen molar-refractivity contribution in [2.75, 3.05) is 5.32 Å². The maximum absolute atomic E-state index is 12.1. The van der Waals surface area contributed by atoms with Gasteiger partial charge < -0.3 is 5.32 Å². The second-order valence-electron chi connectivity index (χ2n) is 5.11. The van der Waals surface area contributed by atoms with Crippen molar-refractivity contribution in [2.24, 2.45) is 0 Å². The first-order chi connectivity index (χ1) is 9.92. The predicted molar refractivity (Wildman–Crippen MR) is 85.0 cm³/mol. The first kappa shape index (κ1) is 15.2. The summed E-state index contributed by atoms with van der Waals surface area (Å²) in [6.45, 7) is 3.71. The minimum atomic E-state index is -0.547. The van der Waals surface area contributed by atoms with Crippen LogP contribution in [-0.4, -0.2) is 10.9 Å². The number of hydrogen-bond acceptors (Lipinski definition) is 3. The molecule has 0 aliphatic rings. The highest BCUT2D eigenvalue weighted by Gasteiger charge is 2.19. The summed E-state index contributed by atoms with van der Waals surface area (Å²) in [5.74, 6) is -0.274. The summed E-state index contributed by atoms with van der Waals surface area (Å²) in [7, 11) is 0. The van der Waals surface area contributed by atoms with Crippen molar-refractivity contribution >= 4 is 27.5 Å². The molecule has 1 aromatic carbocycles. The van der Waals surface area contributed by atoms with E-state index < -0.39 is 5.41 Å². The molecule has 4 nitrogen and oxygen atoms in total. The van der Waals surface area contributed by atoms with Crippen LogP contribution in [-0.2, 0) is 5.41 Å². The van der Waals surface area contributed by atoms with E-state index in [4.69, 9.17) is 5.26 Å². The Morgan fingerprint density at radius 1 is 1.24 bits per heavy atom. The number of nitrogens with one attached hydrogen (secondary N) is 1. The molecule has 1 heterocycles. The topological polar surface area (TPSA) is 65.8 Å². The van der Waals surface area contributed by atoms with E-state index >= 15 is 0 Å². The number of anilines is 1. The molecule has 106 valence electrons. The molecule has 0 unspecified atom stereocenters. The highest BCUT2D eigenvalue weighted by molar-refractivity contribution is 9.10. The molecular formula is C16H14BrN3O. The summed E-state index contributed by atoms with van der Waals surface area (Å²) >= 11 is 3.23. The lowest BCUT2D eigenvalue weighted by molar-refractivity contribution is 0.102. The molecule has 0 aliphatic heterocycles. The van der Waals surface area contributed by atoms with Crippen molar-refractivity contribution in [2.45, 2.75) is 19.3 Å². The summed E-state index contributed by atoms with van der Waals surface area (Å²) in [6.07, 6.45) is 0. The normalized spacial score (nSPS) is 10.8. The zero-order chi connectivity index (χ0) is 15.5. The lowest BCUT2D eigenvalue weighted by Crippen LogP contribution is -2.15. The monoisotopic (exact) mass is 343 g/mol. The predicted octanol–water partition coefficient (Wildman–Crippen LogP) is 3.90. The van der Waals surface area contributed by atoms with E-state index in [1.165, 1.54) is 0 Å². The highest BCUT2D eigenvalue weighted by Crippen LogP contribution is 2.23. The number of pyridine rings is 1. The Morgan fingerprint density at radius 2 is 1.90 bits per heavy atom. The number of amides is 1. The molecule has 2 rings (SSSR count). The number of halogens is 1. The fourth-order valence-corrected chi connectivity index (χ4v) is 2.11. The van der Waals surface area contributed by atoms with Gasteiger partial charge in [-0.25, -0.2) is 4.98 Å². The minimum Gasteiger partial charge on any atom is -0.321 e. The molecular weight excluding hydrogens is 330 g/mol. The average Bonchev–Trinajstić information content (AvgIpc) is 2.48. The van der Waals surface area contributed by atoms with E-state index in [-0.39, 0.29) is 5.91 Å². The van der Waals surface area contributed by atoms with Gasteiger partial charge in [0, 0.05) is 5.69 Å². The Labute approximate surface area is 132 Å². The number of benzene rings is 1. The Kier molecular flexibility index (Phi) is 4.39. The molecule has 0 saturated carbocycles. The number of hydrogen-bond donors (Lipinski definition) is 1. The molecule has 0 saturated heterocycles. The molecule has 5 heteroatoms. The van der Waals surface area contributed by atoms with Gasteiger partial charge in [0.1, 0.15) is 10.3 Å². The molecule has 0 spiro atoms. The molecule has 2 aromatic rings. The lowest BCUT2D eigenvalue weighted by Gasteiger charge is -2.16. The summed E-state index contributed by atoms with van der Waals surface area (Å²) in [6, 6.07) is 14.7. The highest BCUT2D eigenvalue weighted by atomic mass is 79.9. The molecule has 0 aliphatic carbocycles. The first-order valence-corrected chi connectivity index (χ1v) is 7.17. The van der Waals surface area contributed by atoms with Crippen LogP contribution in [0.1, 0.15) is 29.9 Å². The fourth-order valence-electron chi connectivity index (χ4n) is 1.76. The van der Waals surface area contributed by atoms with Gasteiger partial charge in [0.05, 0.1) is 11.5 Å². The van der Waals surface area contributed by atoms with Crippen molar-refractivity contribution in [3.63, 3.8) is 0 Å². The van der Waals surface area contributed by atoms with Crippen LogP contribution in [0.2, 0.25) is 0 Å². The van der Waals surface area contributed by atoms with Crippen LogP contribution in [0.5, 0.6) is 0 Å². The maximum Gasteiger partial charge on any atom is 0.274 e. The molecule has 0 radical (unpaired) electrons. The van der Waals surface area contributed by atoms with Gasteiger partial charge in [-0.3, -0.25) is 4.79 Å². The van der Waals surface area contributed by atoms with E-state index in [0.717, 1.165) is 5.56 Å². The number of rotatable bonds is 3.